The van der Waals surface area contributed by atoms with Crippen LogP contribution < -0.4 is 4.74 Å². The minimum Gasteiger partial charge on any atom is -0.504 e. The van der Waals surface area contributed by atoms with Crippen LogP contribution in [-0.2, 0) is 6.42 Å². The maximum Gasteiger partial charge on any atom is 0.573 e. The predicted octanol–water partition coefficient (Wildman–Crippen LogP) is 2.47. The molecular formula is C15H21F3N2O2. The van der Waals surface area contributed by atoms with E-state index < -0.39 is 17.9 Å². The van der Waals surface area contributed by atoms with Gasteiger partial charge >= 0.3 is 6.36 Å². The summed E-state index contributed by atoms with van der Waals surface area (Å²) in [6.45, 7) is 4.93. The molecular weight excluding hydrogens is 297 g/mol. The average molecular weight is 318 g/mol. The largest absolute Gasteiger partial charge is 0.573 e. The Morgan fingerprint density at radius 1 is 1.18 bits per heavy atom. The number of nitrogens with zero attached hydrogens (tertiary/aromatic N) is 2. The van der Waals surface area contributed by atoms with Crippen molar-refractivity contribution >= 4 is 0 Å². The van der Waals surface area contributed by atoms with Crippen molar-refractivity contribution in [3.05, 3.63) is 23.8 Å². The molecule has 1 aliphatic rings. The third-order valence-electron chi connectivity index (χ3n) is 3.82. The van der Waals surface area contributed by atoms with Crippen LogP contribution in [0.4, 0.5) is 13.2 Å². The van der Waals surface area contributed by atoms with Gasteiger partial charge in [0.05, 0.1) is 0 Å². The first kappa shape index (κ1) is 16.9. The number of ether oxygens (including phenoxy) is 1. The molecule has 0 bridgehead atoms. The summed E-state index contributed by atoms with van der Waals surface area (Å²) in [5.41, 5.74) is 0.482. The van der Waals surface area contributed by atoms with Crippen LogP contribution in [0, 0.1) is 0 Å². The molecule has 0 saturated carbocycles. The summed E-state index contributed by atoms with van der Waals surface area (Å²) in [7, 11) is 2.08. The van der Waals surface area contributed by atoms with Crippen LogP contribution in [0.5, 0.6) is 11.5 Å². The Bertz CT molecular complexity index is 486. The highest BCUT2D eigenvalue weighted by atomic mass is 19.4. The highest BCUT2D eigenvalue weighted by Gasteiger charge is 2.32. The van der Waals surface area contributed by atoms with Gasteiger partial charge in [-0.15, -0.1) is 13.2 Å². The molecule has 1 N–H and O–H groups in total. The SMILES string of the molecule is CN1CCN(CCCc2cccc(OC(F)(F)F)c2O)CC1. The van der Waals surface area contributed by atoms with Crippen molar-refractivity contribution in [3.8, 4) is 11.5 Å². The van der Waals surface area contributed by atoms with Gasteiger partial charge in [0.25, 0.3) is 0 Å². The van der Waals surface area contributed by atoms with Crippen molar-refractivity contribution < 1.29 is 23.0 Å². The lowest BCUT2D eigenvalue weighted by Gasteiger charge is -2.32. The van der Waals surface area contributed by atoms with Crippen molar-refractivity contribution in [2.45, 2.75) is 19.2 Å². The number of halogens is 3. The van der Waals surface area contributed by atoms with Crippen molar-refractivity contribution in [2.24, 2.45) is 0 Å². The lowest BCUT2D eigenvalue weighted by molar-refractivity contribution is -0.275. The number of aromatic hydroxyl groups is 1. The molecule has 4 nitrogen and oxygen atoms in total. The fourth-order valence-electron chi connectivity index (χ4n) is 2.54. The van der Waals surface area contributed by atoms with Crippen LogP contribution in [0.25, 0.3) is 0 Å². The second-order valence-corrected chi connectivity index (χ2v) is 5.56. The van der Waals surface area contributed by atoms with Crippen molar-refractivity contribution in [1.82, 2.24) is 9.80 Å². The number of benzene rings is 1. The molecule has 1 heterocycles. The molecule has 1 aromatic carbocycles. The quantitative estimate of drug-likeness (QED) is 0.905. The average Bonchev–Trinajstić information content (AvgIpc) is 2.43. The topological polar surface area (TPSA) is 35.9 Å². The third-order valence-corrected chi connectivity index (χ3v) is 3.82. The summed E-state index contributed by atoms with van der Waals surface area (Å²) < 4.78 is 40.5. The van der Waals surface area contributed by atoms with E-state index in [1.54, 1.807) is 6.07 Å². The Kier molecular flexibility index (Phi) is 5.52. The number of hydrogen-bond acceptors (Lipinski definition) is 4. The molecule has 0 unspecified atom stereocenters. The molecule has 1 aliphatic heterocycles. The number of alkyl halides is 3. The van der Waals surface area contributed by atoms with E-state index in [0.29, 0.717) is 12.0 Å². The molecule has 1 fully saturated rings. The Labute approximate surface area is 128 Å². The number of rotatable bonds is 5. The van der Waals surface area contributed by atoms with E-state index in [1.165, 1.54) is 6.07 Å². The summed E-state index contributed by atoms with van der Waals surface area (Å²) in [4.78, 5) is 4.59. The molecule has 0 amide bonds. The maximum absolute atomic E-state index is 12.2. The van der Waals surface area contributed by atoms with E-state index in [2.05, 4.69) is 21.6 Å². The fraction of sp³-hybridized carbons (Fsp3) is 0.600. The lowest BCUT2D eigenvalue weighted by atomic mass is 10.1. The molecule has 2 rings (SSSR count). The van der Waals surface area contributed by atoms with Gasteiger partial charge in [0.2, 0.25) is 0 Å². The Balaban J connectivity index is 1.86. The zero-order chi connectivity index (χ0) is 16.2. The second kappa shape index (κ2) is 7.19. The van der Waals surface area contributed by atoms with Crippen molar-refractivity contribution in [2.75, 3.05) is 39.8 Å². The van der Waals surface area contributed by atoms with Gasteiger partial charge in [0, 0.05) is 26.2 Å². The van der Waals surface area contributed by atoms with Crippen LogP contribution in [0.2, 0.25) is 0 Å². The molecule has 22 heavy (non-hydrogen) atoms. The summed E-state index contributed by atoms with van der Waals surface area (Å²) in [5.74, 6) is -0.956. The van der Waals surface area contributed by atoms with Gasteiger partial charge < -0.3 is 19.6 Å². The fourth-order valence-corrected chi connectivity index (χ4v) is 2.54. The lowest BCUT2D eigenvalue weighted by Crippen LogP contribution is -2.44. The minimum absolute atomic E-state index is 0.418. The Hall–Kier alpha value is -1.47. The number of phenols is 1. The monoisotopic (exact) mass is 318 g/mol. The van der Waals surface area contributed by atoms with Crippen LogP contribution in [-0.4, -0.2) is 61.0 Å². The Morgan fingerprint density at radius 2 is 1.86 bits per heavy atom. The zero-order valence-electron chi connectivity index (χ0n) is 12.6. The molecule has 0 atom stereocenters. The smallest absolute Gasteiger partial charge is 0.504 e. The van der Waals surface area contributed by atoms with Crippen LogP contribution in [0.15, 0.2) is 18.2 Å². The summed E-state index contributed by atoms with van der Waals surface area (Å²) in [6.07, 6.45) is -3.49. The van der Waals surface area contributed by atoms with Crippen molar-refractivity contribution in [3.63, 3.8) is 0 Å². The molecule has 0 aliphatic carbocycles. The van der Waals surface area contributed by atoms with E-state index in [9.17, 15) is 18.3 Å². The molecule has 1 aromatic rings. The Morgan fingerprint density at radius 3 is 2.50 bits per heavy atom. The maximum atomic E-state index is 12.2. The van der Waals surface area contributed by atoms with Gasteiger partial charge in [-0.05, 0) is 38.1 Å². The molecule has 124 valence electrons. The van der Waals surface area contributed by atoms with Crippen LogP contribution in [0.3, 0.4) is 0 Å². The normalized spacial score (nSPS) is 17.6. The molecule has 0 radical (unpaired) electrons. The van der Waals surface area contributed by atoms with E-state index in [-0.39, 0.29) is 0 Å². The van der Waals surface area contributed by atoms with E-state index >= 15 is 0 Å². The minimum atomic E-state index is -4.80. The van der Waals surface area contributed by atoms with E-state index in [1.807, 2.05) is 0 Å². The van der Waals surface area contributed by atoms with Gasteiger partial charge in [-0.3, -0.25) is 0 Å². The third kappa shape index (κ3) is 5.06. The van der Waals surface area contributed by atoms with Gasteiger partial charge in [0.15, 0.2) is 11.5 Å². The highest BCUT2D eigenvalue weighted by molar-refractivity contribution is 5.45. The van der Waals surface area contributed by atoms with Gasteiger partial charge in [-0.25, -0.2) is 0 Å². The highest BCUT2D eigenvalue weighted by Crippen LogP contribution is 2.34. The molecule has 0 spiro atoms. The van der Waals surface area contributed by atoms with Gasteiger partial charge in [0.1, 0.15) is 0 Å². The summed E-state index contributed by atoms with van der Waals surface area (Å²) in [5, 5.41) is 9.88. The standard InChI is InChI=1S/C15H21F3N2O2/c1-19-8-10-20(11-9-19)7-3-5-12-4-2-6-13(14(12)21)22-15(16,17)18/h2,4,6,21H,3,5,7-11H2,1H3. The number of likely N-dealkylation sites (N-methyl/N-ethyl adjacent to an activating group) is 1. The first-order valence-corrected chi connectivity index (χ1v) is 7.32. The molecule has 1 saturated heterocycles. The van der Waals surface area contributed by atoms with E-state index in [4.69, 9.17) is 0 Å². The number of piperazine rings is 1. The number of para-hydroxylation sites is 1. The molecule has 0 aromatic heterocycles. The second-order valence-electron chi connectivity index (χ2n) is 5.56. The summed E-state index contributed by atoms with van der Waals surface area (Å²) in [6, 6.07) is 4.21. The van der Waals surface area contributed by atoms with Crippen LogP contribution in [0.1, 0.15) is 12.0 Å². The number of phenolic OH excluding ortho intramolecular Hbond substituents is 1. The molecule has 7 heteroatoms. The first-order valence-electron chi connectivity index (χ1n) is 7.32. The number of aryl methyl sites for hydroxylation is 1. The predicted molar refractivity (Wildman–Crippen MR) is 77.0 cm³/mol. The first-order chi connectivity index (χ1) is 10.3. The van der Waals surface area contributed by atoms with E-state index in [0.717, 1.165) is 45.2 Å². The van der Waals surface area contributed by atoms with Crippen molar-refractivity contribution in [1.29, 1.82) is 0 Å². The number of hydrogen-bond donors (Lipinski definition) is 1. The van der Waals surface area contributed by atoms with Crippen LogP contribution >= 0.6 is 0 Å². The zero-order valence-corrected chi connectivity index (χ0v) is 12.6. The summed E-state index contributed by atoms with van der Waals surface area (Å²) >= 11 is 0. The van der Waals surface area contributed by atoms with Gasteiger partial charge in [-0.2, -0.15) is 0 Å². The van der Waals surface area contributed by atoms with Gasteiger partial charge in [-0.1, -0.05) is 12.1 Å².